The Morgan fingerprint density at radius 3 is 2.80 bits per heavy atom. The number of pyridine rings is 1. The zero-order valence-corrected chi connectivity index (χ0v) is 14.1. The van der Waals surface area contributed by atoms with E-state index in [0.717, 1.165) is 46.2 Å². The maximum absolute atomic E-state index is 9.66. The van der Waals surface area contributed by atoms with Crippen molar-refractivity contribution in [3.63, 3.8) is 0 Å². The van der Waals surface area contributed by atoms with Crippen LogP contribution in [0.25, 0.3) is 22.5 Å². The molecule has 0 radical (unpaired) electrons. The van der Waals surface area contributed by atoms with Crippen LogP contribution in [0.2, 0.25) is 0 Å². The van der Waals surface area contributed by atoms with Crippen LogP contribution in [-0.4, -0.2) is 15.0 Å². The quantitative estimate of drug-likeness (QED) is 0.750. The lowest BCUT2D eigenvalue weighted by Crippen LogP contribution is -2.12. The number of aromatic nitrogens is 3. The van der Waals surface area contributed by atoms with E-state index in [-0.39, 0.29) is 5.82 Å². The molecule has 0 atom stereocenters. The number of nitrogen functional groups attached to an aromatic ring is 1. The lowest BCUT2D eigenvalue weighted by atomic mass is 9.93. The lowest BCUT2D eigenvalue weighted by molar-refractivity contribution is 0.302. The van der Waals surface area contributed by atoms with Crippen molar-refractivity contribution in [3.05, 3.63) is 46.9 Å². The first-order valence-corrected chi connectivity index (χ1v) is 8.14. The second kappa shape index (κ2) is 5.64. The van der Waals surface area contributed by atoms with Crippen LogP contribution in [-0.2, 0) is 13.0 Å². The molecule has 0 spiro atoms. The summed E-state index contributed by atoms with van der Waals surface area (Å²) in [7, 11) is 0. The molecule has 0 fully saturated rings. The number of nitrogens with one attached hydrogen (secondary N) is 1. The van der Waals surface area contributed by atoms with Crippen LogP contribution in [0.4, 0.5) is 5.82 Å². The highest BCUT2D eigenvalue weighted by Gasteiger charge is 2.28. The third-order valence-electron chi connectivity index (χ3n) is 4.46. The molecule has 1 aliphatic heterocycles. The van der Waals surface area contributed by atoms with Gasteiger partial charge >= 0.3 is 0 Å². The average Bonchev–Trinajstić information content (AvgIpc) is 3.01. The number of ether oxygens (including phenoxy) is 1. The van der Waals surface area contributed by atoms with E-state index in [1.165, 1.54) is 0 Å². The maximum atomic E-state index is 9.66. The molecule has 1 aliphatic rings. The predicted molar refractivity (Wildman–Crippen MR) is 94.8 cm³/mol. The number of anilines is 1. The number of imidazole rings is 1. The van der Waals surface area contributed by atoms with Gasteiger partial charge in [0, 0.05) is 28.8 Å². The molecule has 0 saturated carbocycles. The van der Waals surface area contributed by atoms with Crippen LogP contribution >= 0.6 is 0 Å². The molecule has 124 valence electrons. The van der Waals surface area contributed by atoms with E-state index in [2.05, 4.69) is 21.0 Å². The number of hydrogen-bond donors (Lipinski definition) is 2. The van der Waals surface area contributed by atoms with Crippen molar-refractivity contribution in [2.75, 3.05) is 5.73 Å². The van der Waals surface area contributed by atoms with E-state index >= 15 is 0 Å². The number of rotatable bonds is 2. The molecule has 0 aliphatic carbocycles. The molecule has 0 bridgehead atoms. The van der Waals surface area contributed by atoms with Gasteiger partial charge in [0.2, 0.25) is 0 Å². The summed E-state index contributed by atoms with van der Waals surface area (Å²) in [6.07, 6.45) is 0.783. The van der Waals surface area contributed by atoms with Gasteiger partial charge in [0.25, 0.3) is 0 Å². The fourth-order valence-electron chi connectivity index (χ4n) is 3.25. The molecule has 25 heavy (non-hydrogen) atoms. The summed E-state index contributed by atoms with van der Waals surface area (Å²) in [4.78, 5) is 12.4. The zero-order chi connectivity index (χ0) is 17.6. The summed E-state index contributed by atoms with van der Waals surface area (Å²) < 4.78 is 5.90. The molecule has 6 heteroatoms. The highest BCUT2D eigenvalue weighted by atomic mass is 16.5. The Balaban J connectivity index is 2.07. The molecule has 2 aromatic heterocycles. The monoisotopic (exact) mass is 331 g/mol. The molecule has 0 saturated heterocycles. The summed E-state index contributed by atoms with van der Waals surface area (Å²) in [6, 6.07) is 9.90. The summed E-state index contributed by atoms with van der Waals surface area (Å²) in [5.41, 5.74) is 11.3. The van der Waals surface area contributed by atoms with Gasteiger partial charge in [-0.25, -0.2) is 9.97 Å². The number of fused-ring (bicyclic) bond motifs is 3. The number of aryl methyl sites for hydroxylation is 2. The molecule has 3 heterocycles. The van der Waals surface area contributed by atoms with E-state index in [1.807, 2.05) is 38.1 Å². The summed E-state index contributed by atoms with van der Waals surface area (Å²) in [5, 5.41) is 9.66. The van der Waals surface area contributed by atoms with Crippen molar-refractivity contribution in [1.82, 2.24) is 15.0 Å². The van der Waals surface area contributed by atoms with Crippen molar-refractivity contribution >= 4 is 5.82 Å². The minimum absolute atomic E-state index is 0.216. The van der Waals surface area contributed by atoms with Crippen LogP contribution in [0.3, 0.4) is 0 Å². The van der Waals surface area contributed by atoms with Gasteiger partial charge in [0.1, 0.15) is 35.6 Å². The Morgan fingerprint density at radius 2 is 2.08 bits per heavy atom. The number of hydrogen-bond acceptors (Lipinski definition) is 5. The highest BCUT2D eigenvalue weighted by Crippen LogP contribution is 2.43. The smallest absolute Gasteiger partial charge is 0.142 e. The Morgan fingerprint density at radius 1 is 1.28 bits per heavy atom. The van der Waals surface area contributed by atoms with Gasteiger partial charge in [-0.3, -0.25) is 0 Å². The van der Waals surface area contributed by atoms with Gasteiger partial charge in [0.15, 0.2) is 0 Å². The lowest BCUT2D eigenvalue weighted by Gasteiger charge is -2.23. The standard InChI is InChI=1S/C19H17N5O/c1-3-15-22-10(2)17(23-15)16-12(8-20)19(21)24-18-11-6-4-5-7-14(11)25-9-13(16)18/h4-7H,3,9H2,1-2H3,(H2,21,24)(H,22,23). The highest BCUT2D eigenvalue weighted by molar-refractivity contribution is 5.86. The van der Waals surface area contributed by atoms with Crippen LogP contribution in [0.5, 0.6) is 5.75 Å². The number of para-hydroxylation sites is 1. The van der Waals surface area contributed by atoms with E-state index in [1.54, 1.807) is 0 Å². The third kappa shape index (κ3) is 2.24. The van der Waals surface area contributed by atoms with Crippen molar-refractivity contribution in [2.24, 2.45) is 0 Å². The predicted octanol–water partition coefficient (Wildman–Crippen LogP) is 3.36. The molecule has 3 N–H and O–H groups in total. The van der Waals surface area contributed by atoms with Gasteiger partial charge in [-0.1, -0.05) is 19.1 Å². The third-order valence-corrected chi connectivity index (χ3v) is 4.46. The first-order valence-electron chi connectivity index (χ1n) is 8.14. The Labute approximate surface area is 145 Å². The van der Waals surface area contributed by atoms with Gasteiger partial charge < -0.3 is 15.5 Å². The average molecular weight is 331 g/mol. The molecule has 0 amide bonds. The van der Waals surface area contributed by atoms with Crippen molar-refractivity contribution in [2.45, 2.75) is 26.9 Å². The topological polar surface area (TPSA) is 101 Å². The zero-order valence-electron chi connectivity index (χ0n) is 14.1. The molecule has 1 aromatic carbocycles. The fraction of sp³-hybridized carbons (Fsp3) is 0.211. The van der Waals surface area contributed by atoms with E-state index in [0.29, 0.717) is 17.7 Å². The largest absolute Gasteiger partial charge is 0.488 e. The van der Waals surface area contributed by atoms with Gasteiger partial charge in [-0.05, 0) is 19.1 Å². The molecular weight excluding hydrogens is 314 g/mol. The first kappa shape index (κ1) is 15.2. The normalized spacial score (nSPS) is 12.0. The number of nitrogens with zero attached hydrogens (tertiary/aromatic N) is 3. The van der Waals surface area contributed by atoms with E-state index < -0.39 is 0 Å². The molecular formula is C19H17N5O. The van der Waals surface area contributed by atoms with Crippen molar-refractivity contribution in [1.29, 1.82) is 5.26 Å². The van der Waals surface area contributed by atoms with Gasteiger partial charge in [-0.15, -0.1) is 0 Å². The van der Waals surface area contributed by atoms with Gasteiger partial charge in [-0.2, -0.15) is 5.26 Å². The number of H-pyrrole nitrogens is 1. The minimum atomic E-state index is 0.216. The van der Waals surface area contributed by atoms with Crippen molar-refractivity contribution in [3.8, 4) is 34.3 Å². The second-order valence-corrected chi connectivity index (χ2v) is 5.98. The number of benzene rings is 1. The van der Waals surface area contributed by atoms with Crippen LogP contribution < -0.4 is 10.5 Å². The summed E-state index contributed by atoms with van der Waals surface area (Å²) in [5.74, 6) is 1.86. The van der Waals surface area contributed by atoms with E-state index in [4.69, 9.17) is 10.5 Å². The molecule has 3 aromatic rings. The van der Waals surface area contributed by atoms with Crippen LogP contribution in [0, 0.1) is 18.3 Å². The minimum Gasteiger partial charge on any atom is -0.488 e. The Bertz CT molecular complexity index is 1030. The van der Waals surface area contributed by atoms with Crippen molar-refractivity contribution < 1.29 is 4.74 Å². The Kier molecular flexibility index (Phi) is 3.43. The molecule has 0 unspecified atom stereocenters. The van der Waals surface area contributed by atoms with E-state index in [9.17, 15) is 5.26 Å². The van der Waals surface area contributed by atoms with Gasteiger partial charge in [0.05, 0.1) is 11.4 Å². The number of nitrogens with two attached hydrogens (primary N) is 1. The number of aromatic amines is 1. The fourth-order valence-corrected chi connectivity index (χ4v) is 3.25. The van der Waals surface area contributed by atoms with Crippen LogP contribution in [0.1, 0.15) is 29.6 Å². The number of nitriles is 1. The molecule has 4 rings (SSSR count). The van der Waals surface area contributed by atoms with Crippen LogP contribution in [0.15, 0.2) is 24.3 Å². The maximum Gasteiger partial charge on any atom is 0.142 e. The first-order chi connectivity index (χ1) is 12.1. The summed E-state index contributed by atoms with van der Waals surface area (Å²) >= 11 is 0. The molecule has 6 nitrogen and oxygen atoms in total. The Hall–Kier alpha value is -3.33. The summed E-state index contributed by atoms with van der Waals surface area (Å²) in [6.45, 7) is 4.31. The second-order valence-electron chi connectivity index (χ2n) is 5.98. The SMILES string of the molecule is CCc1nc(-c2c(C#N)c(N)nc3c2COc2ccccc2-3)c(C)[nH]1.